The maximum atomic E-state index is 9.39. The van der Waals surface area contributed by atoms with Crippen molar-refractivity contribution in [3.8, 4) is 0 Å². The maximum Gasteiger partial charge on any atom is 0.0797 e. The summed E-state index contributed by atoms with van der Waals surface area (Å²) in [6.07, 6.45) is 7.00. The van der Waals surface area contributed by atoms with Crippen LogP contribution in [-0.4, -0.2) is 17.8 Å². The first kappa shape index (κ1) is 8.62. The molecule has 0 amide bonds. The summed E-state index contributed by atoms with van der Waals surface area (Å²) in [5.41, 5.74) is 1.20. The molecule has 0 bridgehead atoms. The third kappa shape index (κ3) is 1.42. The molecule has 1 aliphatic carbocycles. The van der Waals surface area contributed by atoms with Gasteiger partial charge in [0.05, 0.1) is 6.10 Å². The lowest BCUT2D eigenvalue weighted by Gasteiger charge is -2.14. The van der Waals surface area contributed by atoms with Crippen LogP contribution < -0.4 is 5.32 Å². The number of fused-ring (bicyclic) bond motifs is 1. The number of hydrogen-bond acceptors (Lipinski definition) is 2. The van der Waals surface area contributed by atoms with E-state index in [0.717, 1.165) is 13.0 Å². The van der Waals surface area contributed by atoms with Gasteiger partial charge in [-0.05, 0) is 12.5 Å². The van der Waals surface area contributed by atoms with Gasteiger partial charge in [-0.2, -0.15) is 0 Å². The molecular weight excluding hydrogens is 162 g/mol. The van der Waals surface area contributed by atoms with Crippen molar-refractivity contribution in [2.24, 2.45) is 5.92 Å². The van der Waals surface area contributed by atoms with E-state index in [0.29, 0.717) is 5.92 Å². The minimum absolute atomic E-state index is 0. The molecule has 2 aliphatic rings. The predicted octanol–water partition coefficient (Wildman–Crippen LogP) is 0.832. The van der Waals surface area contributed by atoms with Crippen molar-refractivity contribution < 1.29 is 5.11 Å². The van der Waals surface area contributed by atoms with Gasteiger partial charge in [-0.1, -0.05) is 12.2 Å². The van der Waals surface area contributed by atoms with Crippen LogP contribution in [0.4, 0.5) is 0 Å². The molecule has 0 radical (unpaired) electrons. The van der Waals surface area contributed by atoms with Gasteiger partial charge in [0, 0.05) is 18.2 Å². The van der Waals surface area contributed by atoms with Gasteiger partial charge in [0.25, 0.3) is 0 Å². The molecule has 2 atom stereocenters. The van der Waals surface area contributed by atoms with E-state index in [1.165, 1.54) is 5.70 Å². The molecule has 11 heavy (non-hydrogen) atoms. The Balaban J connectivity index is 0.000000605. The van der Waals surface area contributed by atoms with E-state index in [2.05, 4.69) is 11.4 Å². The molecule has 1 saturated heterocycles. The van der Waals surface area contributed by atoms with Crippen LogP contribution in [0.5, 0.6) is 0 Å². The Morgan fingerprint density at radius 3 is 3.09 bits per heavy atom. The smallest absolute Gasteiger partial charge is 0.0797 e. The lowest BCUT2D eigenvalue weighted by Crippen LogP contribution is -2.17. The lowest BCUT2D eigenvalue weighted by atomic mass is 9.95. The normalized spacial score (nSPS) is 33.4. The zero-order valence-corrected chi connectivity index (χ0v) is 6.97. The van der Waals surface area contributed by atoms with Crippen molar-refractivity contribution in [2.75, 3.05) is 6.54 Å². The number of rotatable bonds is 0. The highest BCUT2D eigenvalue weighted by Gasteiger charge is 2.29. The zero-order chi connectivity index (χ0) is 6.97. The molecule has 0 aromatic rings. The molecule has 2 unspecified atom stereocenters. The van der Waals surface area contributed by atoms with Gasteiger partial charge in [0.15, 0.2) is 0 Å². The van der Waals surface area contributed by atoms with Crippen molar-refractivity contribution in [3.05, 3.63) is 23.9 Å². The second-order valence-corrected chi connectivity index (χ2v) is 2.84. The second kappa shape index (κ2) is 3.28. The Labute approximate surface area is 72.4 Å². The lowest BCUT2D eigenvalue weighted by molar-refractivity contribution is 0.154. The molecule has 0 saturated carbocycles. The van der Waals surface area contributed by atoms with Gasteiger partial charge >= 0.3 is 0 Å². The van der Waals surface area contributed by atoms with Crippen LogP contribution in [0.25, 0.3) is 0 Å². The van der Waals surface area contributed by atoms with Crippen LogP contribution in [0.3, 0.4) is 0 Å². The molecule has 0 aromatic heterocycles. The van der Waals surface area contributed by atoms with Crippen molar-refractivity contribution in [3.63, 3.8) is 0 Å². The van der Waals surface area contributed by atoms with Crippen LogP contribution in [0.1, 0.15) is 6.42 Å². The summed E-state index contributed by atoms with van der Waals surface area (Å²) in [5, 5.41) is 12.6. The fraction of sp³-hybridized carbons (Fsp3) is 0.500. The summed E-state index contributed by atoms with van der Waals surface area (Å²) < 4.78 is 0. The molecular formula is C8H12ClNO. The summed E-state index contributed by atoms with van der Waals surface area (Å²) in [6, 6.07) is 0. The number of β-amino-alcohol motifs (C(OH)–C–C–N with tert-alkyl or cyclic N) is 1. The Kier molecular flexibility index (Phi) is 2.58. The average molecular weight is 174 g/mol. The molecule has 0 aromatic carbocycles. The van der Waals surface area contributed by atoms with Gasteiger partial charge in [0.1, 0.15) is 0 Å². The zero-order valence-electron chi connectivity index (χ0n) is 6.16. The molecule has 2 nitrogen and oxygen atoms in total. The van der Waals surface area contributed by atoms with E-state index in [1.807, 2.05) is 12.2 Å². The second-order valence-electron chi connectivity index (χ2n) is 2.84. The monoisotopic (exact) mass is 173 g/mol. The van der Waals surface area contributed by atoms with Crippen LogP contribution in [-0.2, 0) is 0 Å². The predicted molar refractivity (Wildman–Crippen MR) is 46.6 cm³/mol. The van der Waals surface area contributed by atoms with Crippen molar-refractivity contribution >= 4 is 12.4 Å². The first-order valence-electron chi connectivity index (χ1n) is 3.66. The quantitative estimate of drug-likeness (QED) is 0.569. The molecule has 2 rings (SSSR count). The summed E-state index contributed by atoms with van der Waals surface area (Å²) in [5.74, 6) is 0.352. The van der Waals surface area contributed by atoms with E-state index >= 15 is 0 Å². The van der Waals surface area contributed by atoms with Crippen LogP contribution in [0, 0.1) is 5.92 Å². The van der Waals surface area contributed by atoms with Crippen molar-refractivity contribution in [2.45, 2.75) is 12.5 Å². The van der Waals surface area contributed by atoms with Gasteiger partial charge in [-0.3, -0.25) is 0 Å². The summed E-state index contributed by atoms with van der Waals surface area (Å²) >= 11 is 0. The first-order valence-corrected chi connectivity index (χ1v) is 3.66. The van der Waals surface area contributed by atoms with Gasteiger partial charge in [0.2, 0.25) is 0 Å². The topological polar surface area (TPSA) is 32.3 Å². The summed E-state index contributed by atoms with van der Waals surface area (Å²) in [6.45, 7) is 0.720. The fourth-order valence-corrected chi connectivity index (χ4v) is 1.57. The molecule has 62 valence electrons. The van der Waals surface area contributed by atoms with Crippen LogP contribution in [0.15, 0.2) is 23.9 Å². The Morgan fingerprint density at radius 1 is 1.55 bits per heavy atom. The third-order valence-electron chi connectivity index (χ3n) is 2.18. The van der Waals surface area contributed by atoms with Crippen LogP contribution in [0.2, 0.25) is 0 Å². The van der Waals surface area contributed by atoms with E-state index < -0.39 is 0 Å². The summed E-state index contributed by atoms with van der Waals surface area (Å²) in [4.78, 5) is 0. The summed E-state index contributed by atoms with van der Waals surface area (Å²) in [7, 11) is 0. The number of hydrogen-bond donors (Lipinski definition) is 2. The maximum absolute atomic E-state index is 9.39. The minimum atomic E-state index is -0.170. The number of nitrogens with one attached hydrogen (secondary N) is 1. The van der Waals surface area contributed by atoms with Gasteiger partial charge in [-0.25, -0.2) is 0 Å². The average Bonchev–Trinajstić information content (AvgIpc) is 2.34. The van der Waals surface area contributed by atoms with Gasteiger partial charge in [-0.15, -0.1) is 12.4 Å². The van der Waals surface area contributed by atoms with Gasteiger partial charge < -0.3 is 10.4 Å². The minimum Gasteiger partial charge on any atom is -0.391 e. The number of aliphatic hydroxyl groups excluding tert-OH is 1. The molecule has 1 fully saturated rings. The highest BCUT2D eigenvalue weighted by Crippen LogP contribution is 2.26. The van der Waals surface area contributed by atoms with Crippen molar-refractivity contribution in [1.29, 1.82) is 0 Å². The van der Waals surface area contributed by atoms with E-state index in [9.17, 15) is 5.11 Å². The molecule has 0 spiro atoms. The van der Waals surface area contributed by atoms with E-state index in [4.69, 9.17) is 0 Å². The molecule has 1 aliphatic heterocycles. The molecule has 2 N–H and O–H groups in total. The standard InChI is InChI=1S/C8H11NO.ClH/c10-8-5-9-7-4-2-1-3-6(7)8;/h1-2,4,6,8-10H,3,5H2;1H. The highest BCUT2D eigenvalue weighted by atomic mass is 35.5. The van der Waals surface area contributed by atoms with E-state index in [-0.39, 0.29) is 18.5 Å². The molecule has 3 heteroatoms. The Bertz CT molecular complexity index is 200. The Hall–Kier alpha value is -0.470. The third-order valence-corrected chi connectivity index (χ3v) is 2.18. The Morgan fingerprint density at radius 2 is 2.36 bits per heavy atom. The van der Waals surface area contributed by atoms with Crippen molar-refractivity contribution in [1.82, 2.24) is 5.32 Å². The largest absolute Gasteiger partial charge is 0.391 e. The highest BCUT2D eigenvalue weighted by molar-refractivity contribution is 5.85. The van der Waals surface area contributed by atoms with E-state index in [1.54, 1.807) is 0 Å². The first-order chi connectivity index (χ1) is 4.88. The fourth-order valence-electron chi connectivity index (χ4n) is 1.57. The number of allylic oxidation sites excluding steroid dienone is 3. The number of halogens is 1. The van der Waals surface area contributed by atoms with Crippen LogP contribution >= 0.6 is 12.4 Å². The SMILES string of the molecule is Cl.OC1CNC2=CC=CCC21. The number of aliphatic hydroxyl groups is 1. The molecule has 1 heterocycles.